The Morgan fingerprint density at radius 2 is 1.84 bits per heavy atom. The molecule has 2 amide bonds. The molecule has 0 saturated heterocycles. The van der Waals surface area contributed by atoms with Gasteiger partial charge in [0, 0.05) is 16.7 Å². The Bertz CT molecular complexity index is 1030. The summed E-state index contributed by atoms with van der Waals surface area (Å²) < 4.78 is 12.1. The number of halogens is 1. The molecule has 2 heterocycles. The SMILES string of the molecule is CCN(CC)Cc1ccc(C(=O)NNC(=O)c2ccc(Oc3cccc(Br)c3)nc2)o1. The normalized spacial score (nSPS) is 10.7. The molecule has 8 nitrogen and oxygen atoms in total. The van der Waals surface area contributed by atoms with Gasteiger partial charge < -0.3 is 9.15 Å². The number of carbonyl (C=O) groups is 2. The van der Waals surface area contributed by atoms with E-state index in [1.807, 2.05) is 12.1 Å². The van der Waals surface area contributed by atoms with Gasteiger partial charge in [-0.05, 0) is 49.5 Å². The molecule has 0 aliphatic carbocycles. The van der Waals surface area contributed by atoms with Gasteiger partial charge in [-0.15, -0.1) is 0 Å². The molecular weight excluding hydrogens is 464 g/mol. The van der Waals surface area contributed by atoms with E-state index in [-0.39, 0.29) is 11.3 Å². The Labute approximate surface area is 188 Å². The van der Waals surface area contributed by atoms with Crippen LogP contribution >= 0.6 is 15.9 Å². The van der Waals surface area contributed by atoms with Gasteiger partial charge >= 0.3 is 5.91 Å². The number of benzene rings is 1. The Hall–Kier alpha value is -3.17. The minimum atomic E-state index is -0.540. The van der Waals surface area contributed by atoms with Crippen molar-refractivity contribution in [2.75, 3.05) is 13.1 Å². The third kappa shape index (κ3) is 6.40. The van der Waals surface area contributed by atoms with Crippen molar-refractivity contribution in [1.29, 1.82) is 0 Å². The summed E-state index contributed by atoms with van der Waals surface area (Å²) in [5, 5.41) is 0. The summed E-state index contributed by atoms with van der Waals surface area (Å²) >= 11 is 3.37. The molecule has 0 fully saturated rings. The van der Waals surface area contributed by atoms with Crippen LogP contribution in [0.25, 0.3) is 0 Å². The summed E-state index contributed by atoms with van der Waals surface area (Å²) in [6.45, 7) is 6.51. The predicted octanol–water partition coefficient (Wildman–Crippen LogP) is 4.15. The van der Waals surface area contributed by atoms with Gasteiger partial charge in [-0.1, -0.05) is 35.8 Å². The van der Waals surface area contributed by atoms with Crippen molar-refractivity contribution in [3.05, 3.63) is 76.3 Å². The number of nitrogens with one attached hydrogen (secondary N) is 2. The Morgan fingerprint density at radius 1 is 1.06 bits per heavy atom. The topological polar surface area (TPSA) is 96.7 Å². The quantitative estimate of drug-likeness (QED) is 0.464. The molecule has 2 N–H and O–H groups in total. The highest BCUT2D eigenvalue weighted by atomic mass is 79.9. The van der Waals surface area contributed by atoms with E-state index < -0.39 is 11.8 Å². The van der Waals surface area contributed by atoms with E-state index >= 15 is 0 Å². The first kappa shape index (κ1) is 22.5. The van der Waals surface area contributed by atoms with Gasteiger partial charge in [-0.25, -0.2) is 4.98 Å². The molecule has 0 saturated carbocycles. The number of hydrogen-bond donors (Lipinski definition) is 2. The van der Waals surface area contributed by atoms with Crippen LogP contribution in [0.1, 0.15) is 40.5 Å². The summed E-state index contributed by atoms with van der Waals surface area (Å²) in [4.78, 5) is 30.8. The van der Waals surface area contributed by atoms with E-state index in [1.165, 1.54) is 6.20 Å². The number of aromatic nitrogens is 1. The minimum Gasteiger partial charge on any atom is -0.454 e. The molecule has 0 atom stereocenters. The molecule has 9 heteroatoms. The highest BCUT2D eigenvalue weighted by Gasteiger charge is 2.14. The first-order chi connectivity index (χ1) is 15.0. The van der Waals surface area contributed by atoms with Crippen LogP contribution in [0.2, 0.25) is 0 Å². The molecule has 3 rings (SSSR count). The van der Waals surface area contributed by atoms with Crippen LogP contribution in [0.4, 0.5) is 0 Å². The van der Waals surface area contributed by atoms with Crippen molar-refractivity contribution in [2.45, 2.75) is 20.4 Å². The van der Waals surface area contributed by atoms with Crippen LogP contribution in [0.3, 0.4) is 0 Å². The summed E-state index contributed by atoms with van der Waals surface area (Å²) in [7, 11) is 0. The molecule has 0 aliphatic heterocycles. The molecule has 0 aliphatic rings. The number of furan rings is 1. The first-order valence-corrected chi connectivity index (χ1v) is 10.6. The number of hydrazine groups is 1. The molecule has 0 radical (unpaired) electrons. The van der Waals surface area contributed by atoms with Crippen LogP contribution in [0.15, 0.2) is 63.6 Å². The summed E-state index contributed by atoms with van der Waals surface area (Å²) in [5.41, 5.74) is 4.96. The van der Waals surface area contributed by atoms with E-state index in [0.29, 0.717) is 23.9 Å². The zero-order chi connectivity index (χ0) is 22.2. The zero-order valence-corrected chi connectivity index (χ0v) is 18.8. The van der Waals surface area contributed by atoms with Crippen molar-refractivity contribution < 1.29 is 18.7 Å². The Morgan fingerprint density at radius 3 is 2.52 bits per heavy atom. The molecule has 2 aromatic heterocycles. The fourth-order valence-corrected chi connectivity index (χ4v) is 3.10. The van der Waals surface area contributed by atoms with E-state index in [0.717, 1.165) is 17.6 Å². The van der Waals surface area contributed by atoms with Gasteiger partial charge in [-0.3, -0.25) is 25.3 Å². The number of ether oxygens (including phenoxy) is 1. The average molecular weight is 487 g/mol. The number of hydrogen-bond acceptors (Lipinski definition) is 6. The molecule has 0 bridgehead atoms. The van der Waals surface area contributed by atoms with Gasteiger partial charge in [-0.2, -0.15) is 0 Å². The molecule has 3 aromatic rings. The maximum absolute atomic E-state index is 12.3. The fraction of sp³-hybridized carbons (Fsp3) is 0.227. The second-order valence-corrected chi connectivity index (χ2v) is 7.50. The predicted molar refractivity (Wildman–Crippen MR) is 119 cm³/mol. The van der Waals surface area contributed by atoms with Crippen LogP contribution < -0.4 is 15.6 Å². The number of carbonyl (C=O) groups excluding carboxylic acids is 2. The smallest absolute Gasteiger partial charge is 0.305 e. The molecule has 0 spiro atoms. The first-order valence-electron chi connectivity index (χ1n) is 9.79. The Balaban J connectivity index is 1.52. The molecule has 1 aromatic carbocycles. The van der Waals surface area contributed by atoms with Gasteiger partial charge in [0.2, 0.25) is 5.88 Å². The van der Waals surface area contributed by atoms with E-state index in [9.17, 15) is 9.59 Å². The van der Waals surface area contributed by atoms with Crippen molar-refractivity contribution in [2.24, 2.45) is 0 Å². The number of amides is 2. The van der Waals surface area contributed by atoms with Crippen molar-refractivity contribution >= 4 is 27.7 Å². The van der Waals surface area contributed by atoms with E-state index in [1.54, 1.807) is 36.4 Å². The van der Waals surface area contributed by atoms with Crippen molar-refractivity contribution in [3.63, 3.8) is 0 Å². The van der Waals surface area contributed by atoms with E-state index in [2.05, 4.69) is 50.5 Å². The number of nitrogens with zero attached hydrogens (tertiary/aromatic N) is 2. The van der Waals surface area contributed by atoms with Crippen molar-refractivity contribution in [1.82, 2.24) is 20.7 Å². The fourth-order valence-electron chi connectivity index (χ4n) is 2.73. The Kier molecular flexibility index (Phi) is 7.80. The molecule has 31 heavy (non-hydrogen) atoms. The van der Waals surface area contributed by atoms with Crippen LogP contribution in [0.5, 0.6) is 11.6 Å². The summed E-state index contributed by atoms with van der Waals surface area (Å²) in [6, 6.07) is 13.8. The summed E-state index contributed by atoms with van der Waals surface area (Å²) in [5.74, 6) is 0.718. The average Bonchev–Trinajstić information content (AvgIpc) is 3.25. The lowest BCUT2D eigenvalue weighted by Crippen LogP contribution is -2.41. The lowest BCUT2D eigenvalue weighted by atomic mass is 10.3. The van der Waals surface area contributed by atoms with E-state index in [4.69, 9.17) is 9.15 Å². The maximum atomic E-state index is 12.3. The minimum absolute atomic E-state index is 0.123. The summed E-state index contributed by atoms with van der Waals surface area (Å²) in [6.07, 6.45) is 1.36. The molecular formula is C22H23BrN4O4. The maximum Gasteiger partial charge on any atom is 0.305 e. The second kappa shape index (κ2) is 10.7. The van der Waals surface area contributed by atoms with Gasteiger partial charge in [0.15, 0.2) is 5.76 Å². The standard InChI is InChI=1S/C22H23BrN4O4/c1-3-27(4-2)14-18-9-10-19(30-18)22(29)26-25-21(28)15-8-11-20(24-13-15)31-17-7-5-6-16(23)12-17/h5-13H,3-4,14H2,1-2H3,(H,25,28)(H,26,29). The van der Waals surface area contributed by atoms with Gasteiger partial charge in [0.25, 0.3) is 5.91 Å². The highest BCUT2D eigenvalue weighted by molar-refractivity contribution is 9.10. The zero-order valence-electron chi connectivity index (χ0n) is 17.2. The van der Waals surface area contributed by atoms with Crippen LogP contribution in [0, 0.1) is 0 Å². The second-order valence-electron chi connectivity index (χ2n) is 6.58. The van der Waals surface area contributed by atoms with Crippen molar-refractivity contribution in [3.8, 4) is 11.6 Å². The monoisotopic (exact) mass is 486 g/mol. The lowest BCUT2D eigenvalue weighted by Gasteiger charge is -2.15. The van der Waals surface area contributed by atoms with Gasteiger partial charge in [0.1, 0.15) is 11.5 Å². The number of rotatable bonds is 8. The van der Waals surface area contributed by atoms with Gasteiger partial charge in [0.05, 0.1) is 12.1 Å². The number of pyridine rings is 1. The van der Waals surface area contributed by atoms with Crippen LogP contribution in [-0.4, -0.2) is 34.8 Å². The third-order valence-corrected chi connectivity index (χ3v) is 4.96. The third-order valence-electron chi connectivity index (χ3n) is 4.47. The molecule has 0 unspecified atom stereocenters. The lowest BCUT2D eigenvalue weighted by molar-refractivity contribution is 0.0828. The molecule has 162 valence electrons. The van der Waals surface area contributed by atoms with Crippen LogP contribution in [-0.2, 0) is 6.54 Å². The highest BCUT2D eigenvalue weighted by Crippen LogP contribution is 2.23. The largest absolute Gasteiger partial charge is 0.454 e.